The summed E-state index contributed by atoms with van der Waals surface area (Å²) in [4.78, 5) is 0. The number of benzene rings is 1. The van der Waals surface area contributed by atoms with Crippen molar-refractivity contribution in [2.24, 2.45) is 0 Å². The first-order valence-electron chi connectivity index (χ1n) is 4.73. The van der Waals surface area contributed by atoms with Crippen molar-refractivity contribution in [3.05, 3.63) is 40.1 Å². The maximum Gasteiger partial charge on any atom is 0.139 e. The number of aliphatic hydroxyl groups is 1. The molecule has 1 aromatic carbocycles. The Morgan fingerprint density at radius 3 is 2.88 bits per heavy atom. The highest BCUT2D eigenvalue weighted by atomic mass is 35.5. The van der Waals surface area contributed by atoms with E-state index in [0.717, 1.165) is 5.56 Å². The number of aliphatic hydroxyl groups excluding tert-OH is 1. The van der Waals surface area contributed by atoms with E-state index in [1.807, 2.05) is 6.07 Å². The molecule has 3 nitrogen and oxygen atoms in total. The second kappa shape index (κ2) is 4.87. The molecule has 0 aliphatic carbocycles. The summed E-state index contributed by atoms with van der Waals surface area (Å²) in [6, 6.07) is 7.06. The van der Waals surface area contributed by atoms with Gasteiger partial charge in [0.05, 0.1) is 16.7 Å². The molecule has 84 valence electrons. The van der Waals surface area contributed by atoms with Gasteiger partial charge >= 0.3 is 0 Å². The van der Waals surface area contributed by atoms with E-state index < -0.39 is 0 Å². The van der Waals surface area contributed by atoms with Gasteiger partial charge in [0.2, 0.25) is 0 Å². The minimum absolute atomic E-state index is 0.0257. The monoisotopic (exact) mass is 257 g/mol. The van der Waals surface area contributed by atoms with E-state index >= 15 is 0 Å². The zero-order valence-corrected chi connectivity index (χ0v) is 9.79. The number of aromatic nitrogens is 1. The lowest BCUT2D eigenvalue weighted by Crippen LogP contribution is -1.86. The van der Waals surface area contributed by atoms with Crippen molar-refractivity contribution in [1.29, 1.82) is 0 Å². The zero-order valence-electron chi connectivity index (χ0n) is 8.28. The first-order valence-corrected chi connectivity index (χ1v) is 5.49. The van der Waals surface area contributed by atoms with Crippen LogP contribution in [0.25, 0.3) is 11.3 Å². The standard InChI is InChI=1S/C11H9Cl2NO2/c12-9-3-1-2-8(11(9)13)10-6-7(4-5-15)16-14-10/h1-3,6,15H,4-5H2. The maximum absolute atomic E-state index is 8.76. The molecule has 0 atom stereocenters. The third-order valence-corrected chi connectivity index (χ3v) is 2.96. The predicted molar refractivity (Wildman–Crippen MR) is 62.7 cm³/mol. The van der Waals surface area contributed by atoms with Gasteiger partial charge in [0.1, 0.15) is 11.5 Å². The zero-order chi connectivity index (χ0) is 11.5. The molecular formula is C11H9Cl2NO2. The summed E-state index contributed by atoms with van der Waals surface area (Å²) in [5.41, 5.74) is 1.35. The van der Waals surface area contributed by atoms with E-state index in [0.29, 0.717) is 27.9 Å². The topological polar surface area (TPSA) is 46.3 Å². The molecule has 0 radical (unpaired) electrons. The van der Waals surface area contributed by atoms with Crippen molar-refractivity contribution >= 4 is 23.2 Å². The van der Waals surface area contributed by atoms with E-state index in [2.05, 4.69) is 5.16 Å². The van der Waals surface area contributed by atoms with Crippen molar-refractivity contribution in [3.8, 4) is 11.3 Å². The molecular weight excluding hydrogens is 249 g/mol. The lowest BCUT2D eigenvalue weighted by molar-refractivity contribution is 0.277. The van der Waals surface area contributed by atoms with Gasteiger partial charge in [-0.1, -0.05) is 40.5 Å². The molecule has 1 heterocycles. The fourth-order valence-corrected chi connectivity index (χ4v) is 1.77. The van der Waals surface area contributed by atoms with Gasteiger partial charge in [0, 0.05) is 18.1 Å². The van der Waals surface area contributed by atoms with Crippen LogP contribution in [0.4, 0.5) is 0 Å². The van der Waals surface area contributed by atoms with Crippen LogP contribution in [-0.2, 0) is 6.42 Å². The fraction of sp³-hybridized carbons (Fsp3) is 0.182. The summed E-state index contributed by atoms with van der Waals surface area (Å²) in [6.45, 7) is 0.0257. The first kappa shape index (κ1) is 11.5. The molecule has 0 aliphatic heterocycles. The lowest BCUT2D eigenvalue weighted by Gasteiger charge is -2.00. The second-order valence-corrected chi connectivity index (χ2v) is 4.04. The highest BCUT2D eigenvalue weighted by Gasteiger charge is 2.11. The van der Waals surface area contributed by atoms with Gasteiger partial charge in [0.25, 0.3) is 0 Å². The first-order chi connectivity index (χ1) is 7.72. The smallest absolute Gasteiger partial charge is 0.139 e. The van der Waals surface area contributed by atoms with Crippen LogP contribution in [0.2, 0.25) is 10.0 Å². The van der Waals surface area contributed by atoms with Crippen LogP contribution >= 0.6 is 23.2 Å². The Bertz CT molecular complexity index is 496. The van der Waals surface area contributed by atoms with Gasteiger partial charge in [-0.05, 0) is 6.07 Å². The molecule has 0 bridgehead atoms. The van der Waals surface area contributed by atoms with E-state index in [4.69, 9.17) is 32.8 Å². The Morgan fingerprint density at radius 1 is 1.31 bits per heavy atom. The van der Waals surface area contributed by atoms with Crippen LogP contribution in [0, 0.1) is 0 Å². The molecule has 1 N–H and O–H groups in total. The van der Waals surface area contributed by atoms with Gasteiger partial charge in [-0.15, -0.1) is 0 Å². The van der Waals surface area contributed by atoms with Gasteiger partial charge < -0.3 is 9.63 Å². The molecule has 0 spiro atoms. The van der Waals surface area contributed by atoms with Crippen molar-refractivity contribution in [1.82, 2.24) is 5.16 Å². The minimum atomic E-state index is 0.0257. The Balaban J connectivity index is 2.39. The molecule has 5 heteroatoms. The molecule has 2 aromatic rings. The average Bonchev–Trinajstić information content (AvgIpc) is 2.71. The highest BCUT2D eigenvalue weighted by molar-refractivity contribution is 6.43. The third-order valence-electron chi connectivity index (χ3n) is 2.14. The van der Waals surface area contributed by atoms with Crippen LogP contribution in [0.3, 0.4) is 0 Å². The van der Waals surface area contributed by atoms with Crippen LogP contribution in [-0.4, -0.2) is 16.9 Å². The minimum Gasteiger partial charge on any atom is -0.396 e. The Morgan fingerprint density at radius 2 is 2.12 bits per heavy atom. The van der Waals surface area contributed by atoms with Crippen LogP contribution < -0.4 is 0 Å². The van der Waals surface area contributed by atoms with E-state index in [1.165, 1.54) is 0 Å². The van der Waals surface area contributed by atoms with Crippen molar-refractivity contribution < 1.29 is 9.63 Å². The summed E-state index contributed by atoms with van der Waals surface area (Å²) >= 11 is 12.0. The van der Waals surface area contributed by atoms with Gasteiger partial charge in [-0.3, -0.25) is 0 Å². The van der Waals surface area contributed by atoms with Crippen LogP contribution in [0.5, 0.6) is 0 Å². The molecule has 2 rings (SSSR count). The molecule has 0 amide bonds. The summed E-state index contributed by atoms with van der Waals surface area (Å²) in [6.07, 6.45) is 0.436. The molecule has 16 heavy (non-hydrogen) atoms. The van der Waals surface area contributed by atoms with E-state index in [9.17, 15) is 0 Å². The van der Waals surface area contributed by atoms with Gasteiger partial charge in [0.15, 0.2) is 0 Å². The highest BCUT2D eigenvalue weighted by Crippen LogP contribution is 2.32. The largest absolute Gasteiger partial charge is 0.396 e. The third kappa shape index (κ3) is 2.21. The maximum atomic E-state index is 8.76. The van der Waals surface area contributed by atoms with E-state index in [1.54, 1.807) is 18.2 Å². The summed E-state index contributed by atoms with van der Waals surface area (Å²) in [7, 11) is 0. The number of halogens is 2. The molecule has 0 saturated heterocycles. The van der Waals surface area contributed by atoms with Crippen molar-refractivity contribution in [2.45, 2.75) is 6.42 Å². The fourth-order valence-electron chi connectivity index (χ4n) is 1.37. The van der Waals surface area contributed by atoms with Crippen molar-refractivity contribution in [3.63, 3.8) is 0 Å². The van der Waals surface area contributed by atoms with Crippen LogP contribution in [0.15, 0.2) is 28.8 Å². The normalized spacial score (nSPS) is 10.7. The van der Waals surface area contributed by atoms with Gasteiger partial charge in [-0.2, -0.15) is 0 Å². The van der Waals surface area contributed by atoms with E-state index in [-0.39, 0.29) is 6.61 Å². The lowest BCUT2D eigenvalue weighted by atomic mass is 10.1. The SMILES string of the molecule is OCCc1cc(-c2cccc(Cl)c2Cl)no1. The molecule has 0 aliphatic rings. The molecule has 1 aromatic heterocycles. The summed E-state index contributed by atoms with van der Waals surface area (Å²) in [5, 5.41) is 13.6. The second-order valence-electron chi connectivity index (χ2n) is 3.25. The number of hydrogen-bond donors (Lipinski definition) is 1. The number of rotatable bonds is 3. The van der Waals surface area contributed by atoms with Crippen LogP contribution in [0.1, 0.15) is 5.76 Å². The molecule has 0 saturated carbocycles. The molecule has 0 fully saturated rings. The summed E-state index contributed by atoms with van der Waals surface area (Å²) in [5.74, 6) is 0.619. The Labute approximate surface area is 103 Å². The number of hydrogen-bond acceptors (Lipinski definition) is 3. The average molecular weight is 258 g/mol. The van der Waals surface area contributed by atoms with Crippen molar-refractivity contribution in [2.75, 3.05) is 6.61 Å². The molecule has 0 unspecified atom stereocenters. The Kier molecular flexibility index (Phi) is 3.49. The van der Waals surface area contributed by atoms with Gasteiger partial charge in [-0.25, -0.2) is 0 Å². The number of nitrogens with zero attached hydrogens (tertiary/aromatic N) is 1. The summed E-state index contributed by atoms with van der Waals surface area (Å²) < 4.78 is 5.04. The quantitative estimate of drug-likeness (QED) is 0.919. The predicted octanol–water partition coefficient (Wildman–Crippen LogP) is 3.18. The Hall–Kier alpha value is -1.03.